The molecule has 6 nitrogen and oxygen atoms in total. The third kappa shape index (κ3) is 3.31. The molecule has 6 heteroatoms. The summed E-state index contributed by atoms with van der Waals surface area (Å²) < 4.78 is 6.03. The maximum absolute atomic E-state index is 10.8. The number of nitro benzene ring substituents is 1. The van der Waals surface area contributed by atoms with Crippen molar-refractivity contribution < 1.29 is 9.66 Å². The van der Waals surface area contributed by atoms with Gasteiger partial charge in [0.2, 0.25) is 0 Å². The van der Waals surface area contributed by atoms with Crippen LogP contribution < -0.4 is 10.1 Å². The summed E-state index contributed by atoms with van der Waals surface area (Å²) in [7, 11) is 0. The van der Waals surface area contributed by atoms with Crippen molar-refractivity contribution in [3.8, 4) is 16.9 Å². The van der Waals surface area contributed by atoms with E-state index >= 15 is 0 Å². The van der Waals surface area contributed by atoms with Crippen LogP contribution in [0.4, 0.5) is 5.69 Å². The Labute approximate surface area is 134 Å². The predicted molar refractivity (Wildman–Crippen MR) is 88.9 cm³/mol. The number of rotatable bonds is 5. The van der Waals surface area contributed by atoms with Crippen LogP contribution in [0.1, 0.15) is 6.92 Å². The fraction of sp³-hybridized carbons (Fsp3) is 0.235. The fourth-order valence-electron chi connectivity index (χ4n) is 2.51. The van der Waals surface area contributed by atoms with Crippen molar-refractivity contribution in [3.63, 3.8) is 0 Å². The monoisotopic (exact) mass is 311 g/mol. The summed E-state index contributed by atoms with van der Waals surface area (Å²) in [5.41, 5.74) is 1.84. The molecule has 2 aromatic carbocycles. The highest BCUT2D eigenvalue weighted by Gasteiger charge is 2.17. The summed E-state index contributed by atoms with van der Waals surface area (Å²) in [6, 6.07) is 14.1. The minimum atomic E-state index is -0.405. The Balaban J connectivity index is 1.86. The molecule has 0 spiro atoms. The van der Waals surface area contributed by atoms with E-state index in [0.29, 0.717) is 0 Å². The molecule has 1 aliphatic heterocycles. The molecule has 1 N–H and O–H groups in total. The average molecular weight is 311 g/mol. The molecular formula is C17H17N3O3. The molecule has 118 valence electrons. The standard InChI is InChI=1S/C17H17N3O3/c1-12(17-18-10-11-19-17)23-16-5-3-2-4-15(16)13-6-8-14(9-7-13)20(21)22/h2-9,12H,10-11H2,1H3,(H,18,19). The van der Waals surface area contributed by atoms with E-state index in [1.165, 1.54) is 12.1 Å². The van der Waals surface area contributed by atoms with Crippen molar-refractivity contribution in [1.82, 2.24) is 5.32 Å². The molecule has 1 atom stereocenters. The van der Waals surface area contributed by atoms with E-state index in [-0.39, 0.29) is 11.8 Å². The Morgan fingerprint density at radius 2 is 1.96 bits per heavy atom. The number of nitrogens with one attached hydrogen (secondary N) is 1. The van der Waals surface area contributed by atoms with E-state index in [4.69, 9.17) is 4.74 Å². The molecule has 0 amide bonds. The third-order valence-corrected chi connectivity index (χ3v) is 3.67. The number of hydrogen-bond acceptors (Lipinski definition) is 5. The van der Waals surface area contributed by atoms with Gasteiger partial charge in [0.05, 0.1) is 11.5 Å². The van der Waals surface area contributed by atoms with Crippen molar-refractivity contribution in [2.24, 2.45) is 4.99 Å². The highest BCUT2D eigenvalue weighted by atomic mass is 16.6. The molecule has 0 radical (unpaired) electrons. The lowest BCUT2D eigenvalue weighted by atomic mass is 10.0. The number of amidine groups is 1. The Hall–Kier alpha value is -2.89. The number of ether oxygens (including phenoxy) is 1. The minimum absolute atomic E-state index is 0.0741. The summed E-state index contributed by atoms with van der Waals surface area (Å²) >= 11 is 0. The van der Waals surface area contributed by atoms with Gasteiger partial charge < -0.3 is 10.1 Å². The molecule has 0 bridgehead atoms. The lowest BCUT2D eigenvalue weighted by molar-refractivity contribution is -0.384. The maximum atomic E-state index is 10.8. The maximum Gasteiger partial charge on any atom is 0.269 e. The molecule has 0 aliphatic carbocycles. The molecule has 3 rings (SSSR count). The van der Waals surface area contributed by atoms with E-state index in [2.05, 4.69) is 10.3 Å². The molecular weight excluding hydrogens is 294 g/mol. The molecule has 1 aliphatic rings. The van der Waals surface area contributed by atoms with Crippen LogP contribution >= 0.6 is 0 Å². The topological polar surface area (TPSA) is 76.8 Å². The molecule has 0 aromatic heterocycles. The van der Waals surface area contributed by atoms with Gasteiger partial charge in [0.25, 0.3) is 5.69 Å². The number of nitro groups is 1. The summed E-state index contributed by atoms with van der Waals surface area (Å²) in [5, 5.41) is 14.0. The summed E-state index contributed by atoms with van der Waals surface area (Å²) in [6.07, 6.45) is -0.170. The average Bonchev–Trinajstić information content (AvgIpc) is 3.10. The van der Waals surface area contributed by atoms with Gasteiger partial charge in [-0.2, -0.15) is 0 Å². The zero-order chi connectivity index (χ0) is 16.2. The Kier molecular flexibility index (Phi) is 4.23. The van der Waals surface area contributed by atoms with Gasteiger partial charge in [-0.25, -0.2) is 0 Å². The van der Waals surface area contributed by atoms with Crippen LogP contribution in [0, 0.1) is 10.1 Å². The van der Waals surface area contributed by atoms with Crippen LogP contribution in [-0.4, -0.2) is 30.0 Å². The number of aliphatic imine (C=N–C) groups is 1. The van der Waals surface area contributed by atoms with Gasteiger partial charge in [0, 0.05) is 24.2 Å². The van der Waals surface area contributed by atoms with Gasteiger partial charge in [-0.1, -0.05) is 18.2 Å². The smallest absolute Gasteiger partial charge is 0.269 e. The fourth-order valence-corrected chi connectivity index (χ4v) is 2.51. The van der Waals surface area contributed by atoms with Gasteiger partial charge in [-0.15, -0.1) is 0 Å². The molecule has 1 unspecified atom stereocenters. The zero-order valence-corrected chi connectivity index (χ0v) is 12.7. The first kappa shape index (κ1) is 15.0. The lowest BCUT2D eigenvalue weighted by Gasteiger charge is -2.18. The minimum Gasteiger partial charge on any atom is -0.482 e. The number of para-hydroxylation sites is 1. The second-order valence-corrected chi connectivity index (χ2v) is 5.25. The second-order valence-electron chi connectivity index (χ2n) is 5.25. The van der Waals surface area contributed by atoms with Crippen molar-refractivity contribution in [3.05, 3.63) is 58.6 Å². The molecule has 0 saturated carbocycles. The first-order chi connectivity index (χ1) is 11.1. The molecule has 0 fully saturated rings. The van der Waals surface area contributed by atoms with E-state index in [1.807, 2.05) is 31.2 Å². The number of nitrogens with zero attached hydrogens (tertiary/aromatic N) is 2. The van der Waals surface area contributed by atoms with Gasteiger partial charge in [0.1, 0.15) is 11.6 Å². The Morgan fingerprint density at radius 3 is 2.61 bits per heavy atom. The molecule has 23 heavy (non-hydrogen) atoms. The summed E-state index contributed by atoms with van der Waals surface area (Å²) in [4.78, 5) is 14.7. The predicted octanol–water partition coefficient (Wildman–Crippen LogP) is 3.03. The van der Waals surface area contributed by atoms with E-state index < -0.39 is 4.92 Å². The summed E-state index contributed by atoms with van der Waals surface area (Å²) in [5.74, 6) is 1.58. The van der Waals surface area contributed by atoms with Crippen LogP contribution in [0.15, 0.2) is 53.5 Å². The molecule has 1 heterocycles. The zero-order valence-electron chi connectivity index (χ0n) is 12.7. The van der Waals surface area contributed by atoms with Crippen LogP contribution in [0.5, 0.6) is 5.75 Å². The highest BCUT2D eigenvalue weighted by Crippen LogP contribution is 2.31. The SMILES string of the molecule is CC(Oc1ccccc1-c1ccc([N+](=O)[O-])cc1)C1=NCCN1. The van der Waals surface area contributed by atoms with Crippen molar-refractivity contribution in [2.75, 3.05) is 13.1 Å². The largest absolute Gasteiger partial charge is 0.482 e. The van der Waals surface area contributed by atoms with Gasteiger partial charge >= 0.3 is 0 Å². The van der Waals surface area contributed by atoms with Crippen LogP contribution in [0.3, 0.4) is 0 Å². The molecule has 2 aromatic rings. The van der Waals surface area contributed by atoms with E-state index in [0.717, 1.165) is 35.8 Å². The quantitative estimate of drug-likeness (QED) is 0.680. The van der Waals surface area contributed by atoms with Crippen molar-refractivity contribution in [1.29, 1.82) is 0 Å². The lowest BCUT2D eigenvalue weighted by Crippen LogP contribution is -2.33. The van der Waals surface area contributed by atoms with Gasteiger partial charge in [-0.05, 0) is 30.7 Å². The second kappa shape index (κ2) is 6.48. The van der Waals surface area contributed by atoms with Gasteiger partial charge in [-0.3, -0.25) is 15.1 Å². The van der Waals surface area contributed by atoms with Crippen LogP contribution in [0.2, 0.25) is 0 Å². The van der Waals surface area contributed by atoms with Gasteiger partial charge in [0.15, 0.2) is 6.10 Å². The number of non-ortho nitro benzene ring substituents is 1. The Bertz CT molecular complexity index is 741. The number of hydrogen-bond donors (Lipinski definition) is 1. The molecule has 0 saturated heterocycles. The van der Waals surface area contributed by atoms with Crippen molar-refractivity contribution in [2.45, 2.75) is 13.0 Å². The highest BCUT2D eigenvalue weighted by molar-refractivity contribution is 5.88. The summed E-state index contributed by atoms with van der Waals surface area (Å²) in [6.45, 7) is 3.56. The Morgan fingerprint density at radius 1 is 1.22 bits per heavy atom. The third-order valence-electron chi connectivity index (χ3n) is 3.67. The first-order valence-electron chi connectivity index (χ1n) is 7.44. The van der Waals surface area contributed by atoms with Crippen LogP contribution in [-0.2, 0) is 0 Å². The van der Waals surface area contributed by atoms with E-state index in [1.54, 1.807) is 12.1 Å². The van der Waals surface area contributed by atoms with E-state index in [9.17, 15) is 10.1 Å². The van der Waals surface area contributed by atoms with Crippen LogP contribution in [0.25, 0.3) is 11.1 Å². The van der Waals surface area contributed by atoms with Crippen molar-refractivity contribution >= 4 is 11.5 Å². The normalized spacial score (nSPS) is 14.7. The number of benzene rings is 2. The first-order valence-corrected chi connectivity index (χ1v) is 7.44.